The molecule has 9 heteroatoms. The number of rotatable bonds is 6. The number of hydrogen-bond donors (Lipinski definition) is 2. The molecule has 0 saturated carbocycles. The number of fused-ring (bicyclic) bond motifs is 1. The molecule has 1 aromatic carbocycles. The van der Waals surface area contributed by atoms with Crippen molar-refractivity contribution in [1.82, 2.24) is 10.5 Å². The first-order chi connectivity index (χ1) is 12.5. The van der Waals surface area contributed by atoms with Crippen molar-refractivity contribution in [3.63, 3.8) is 0 Å². The smallest absolute Gasteiger partial charge is 0.235 e. The molecule has 7 nitrogen and oxygen atoms in total. The zero-order chi connectivity index (χ0) is 18.5. The number of aromatic nitrogens is 1. The van der Waals surface area contributed by atoms with Gasteiger partial charge in [0.1, 0.15) is 11.5 Å². The van der Waals surface area contributed by atoms with Crippen LogP contribution in [-0.2, 0) is 9.59 Å². The molecule has 0 radical (unpaired) electrons. The highest BCUT2D eigenvalue weighted by Crippen LogP contribution is 2.34. The molecular formula is C17H18BrN3O4S. The predicted octanol–water partition coefficient (Wildman–Crippen LogP) is 3.06. The molecule has 1 atom stereocenters. The van der Waals surface area contributed by atoms with Crippen LogP contribution in [-0.4, -0.2) is 35.1 Å². The maximum atomic E-state index is 12.2. The van der Waals surface area contributed by atoms with Gasteiger partial charge in [0.15, 0.2) is 5.82 Å². The zero-order valence-corrected chi connectivity index (χ0v) is 16.5. The first-order valence-corrected chi connectivity index (χ1v) is 9.98. The molecule has 138 valence electrons. The molecule has 0 fully saturated rings. The van der Waals surface area contributed by atoms with Gasteiger partial charge in [0, 0.05) is 22.5 Å². The standard InChI is InChI=1S/C17H18BrN3O4S/c1-10-6-15(21-25-10)20-17(23)9-26-8-16(22)19-13-4-5-24-14-3-2-11(18)7-12(13)14/h2-3,6-7,13H,4-5,8-9H2,1H3,(H,19,22)(H,20,21,23). The maximum absolute atomic E-state index is 12.2. The number of carbonyl (C=O) groups is 2. The number of carbonyl (C=O) groups excluding carboxylic acids is 2. The van der Waals surface area contributed by atoms with Crippen LogP contribution < -0.4 is 15.4 Å². The van der Waals surface area contributed by atoms with E-state index in [1.165, 1.54) is 11.8 Å². The first-order valence-electron chi connectivity index (χ1n) is 8.04. The quantitative estimate of drug-likeness (QED) is 0.718. The van der Waals surface area contributed by atoms with Gasteiger partial charge in [0.25, 0.3) is 0 Å². The van der Waals surface area contributed by atoms with Gasteiger partial charge in [-0.2, -0.15) is 0 Å². The second-order valence-corrected chi connectivity index (χ2v) is 7.70. The van der Waals surface area contributed by atoms with Gasteiger partial charge in [-0.25, -0.2) is 0 Å². The lowest BCUT2D eigenvalue weighted by Crippen LogP contribution is -2.33. The fourth-order valence-corrected chi connectivity index (χ4v) is 3.60. The van der Waals surface area contributed by atoms with Gasteiger partial charge < -0.3 is 19.9 Å². The van der Waals surface area contributed by atoms with E-state index in [1.807, 2.05) is 18.2 Å². The van der Waals surface area contributed by atoms with Gasteiger partial charge >= 0.3 is 0 Å². The molecule has 0 saturated heterocycles. The van der Waals surface area contributed by atoms with E-state index in [1.54, 1.807) is 13.0 Å². The number of anilines is 1. The predicted molar refractivity (Wildman–Crippen MR) is 102 cm³/mol. The summed E-state index contributed by atoms with van der Waals surface area (Å²) in [4.78, 5) is 24.0. The number of hydrogen-bond acceptors (Lipinski definition) is 6. The summed E-state index contributed by atoms with van der Waals surface area (Å²) in [7, 11) is 0. The molecule has 0 bridgehead atoms. The molecule has 0 spiro atoms. The lowest BCUT2D eigenvalue weighted by atomic mass is 10.0. The highest BCUT2D eigenvalue weighted by molar-refractivity contribution is 9.10. The largest absolute Gasteiger partial charge is 0.493 e. The van der Waals surface area contributed by atoms with Crippen LogP contribution in [0, 0.1) is 6.92 Å². The molecule has 2 N–H and O–H groups in total. The minimum atomic E-state index is -0.226. The fourth-order valence-electron chi connectivity index (χ4n) is 2.59. The summed E-state index contributed by atoms with van der Waals surface area (Å²) in [5, 5.41) is 9.32. The molecule has 2 amide bonds. The number of nitrogens with one attached hydrogen (secondary N) is 2. The Labute approximate surface area is 163 Å². The van der Waals surface area contributed by atoms with Crippen molar-refractivity contribution in [1.29, 1.82) is 0 Å². The summed E-state index contributed by atoms with van der Waals surface area (Å²) in [5.41, 5.74) is 0.961. The molecule has 3 rings (SSSR count). The molecule has 1 aromatic heterocycles. The highest BCUT2D eigenvalue weighted by atomic mass is 79.9. The fraction of sp³-hybridized carbons (Fsp3) is 0.353. The lowest BCUT2D eigenvalue weighted by Gasteiger charge is -2.26. The molecule has 26 heavy (non-hydrogen) atoms. The van der Waals surface area contributed by atoms with Crippen molar-refractivity contribution < 1.29 is 18.8 Å². The van der Waals surface area contributed by atoms with Crippen LogP contribution in [0.2, 0.25) is 0 Å². The van der Waals surface area contributed by atoms with E-state index in [0.717, 1.165) is 15.8 Å². The van der Waals surface area contributed by atoms with E-state index >= 15 is 0 Å². The van der Waals surface area contributed by atoms with Gasteiger partial charge in [-0.1, -0.05) is 21.1 Å². The Hall–Kier alpha value is -2.00. The average Bonchev–Trinajstić information content (AvgIpc) is 3.00. The van der Waals surface area contributed by atoms with Crippen LogP contribution in [0.15, 0.2) is 33.3 Å². The Balaban J connectivity index is 1.45. The van der Waals surface area contributed by atoms with E-state index in [2.05, 4.69) is 31.7 Å². The van der Waals surface area contributed by atoms with Crippen LogP contribution in [0.3, 0.4) is 0 Å². The van der Waals surface area contributed by atoms with E-state index in [0.29, 0.717) is 24.6 Å². The normalized spacial score (nSPS) is 15.7. The Kier molecular flexibility index (Phi) is 6.20. The Morgan fingerprint density at radius 3 is 2.88 bits per heavy atom. The maximum Gasteiger partial charge on any atom is 0.235 e. The summed E-state index contributed by atoms with van der Waals surface area (Å²) in [5.74, 6) is 1.81. The van der Waals surface area contributed by atoms with Gasteiger partial charge in [-0.15, -0.1) is 11.8 Å². The van der Waals surface area contributed by atoms with Gasteiger partial charge in [0.05, 0.1) is 24.2 Å². The van der Waals surface area contributed by atoms with E-state index in [9.17, 15) is 9.59 Å². The van der Waals surface area contributed by atoms with E-state index in [-0.39, 0.29) is 29.4 Å². The van der Waals surface area contributed by atoms with Crippen LogP contribution in [0.4, 0.5) is 5.82 Å². The summed E-state index contributed by atoms with van der Waals surface area (Å²) in [6.45, 7) is 2.31. The first kappa shape index (κ1) is 18.8. The van der Waals surface area contributed by atoms with Crippen molar-refractivity contribution in [2.45, 2.75) is 19.4 Å². The SMILES string of the molecule is Cc1cc(NC(=O)CSCC(=O)NC2CCOc3ccc(Br)cc32)no1. The molecule has 1 unspecified atom stereocenters. The van der Waals surface area contributed by atoms with Crippen molar-refractivity contribution in [2.24, 2.45) is 0 Å². The number of nitrogens with zero attached hydrogens (tertiary/aromatic N) is 1. The number of benzene rings is 1. The van der Waals surface area contributed by atoms with Crippen molar-refractivity contribution in [2.75, 3.05) is 23.4 Å². The second-order valence-electron chi connectivity index (χ2n) is 5.80. The number of thioether (sulfide) groups is 1. The lowest BCUT2D eigenvalue weighted by molar-refractivity contribution is -0.119. The summed E-state index contributed by atoms with van der Waals surface area (Å²) in [6.07, 6.45) is 0.714. The molecule has 0 aliphatic carbocycles. The molecule has 2 aromatic rings. The Morgan fingerprint density at radius 2 is 2.12 bits per heavy atom. The monoisotopic (exact) mass is 439 g/mol. The number of aryl methyl sites for hydroxylation is 1. The minimum absolute atomic E-state index is 0.0868. The van der Waals surface area contributed by atoms with E-state index < -0.39 is 0 Å². The third-order valence-corrected chi connectivity index (χ3v) is 5.13. The van der Waals surface area contributed by atoms with Crippen LogP contribution in [0.5, 0.6) is 5.75 Å². The summed E-state index contributed by atoms with van der Waals surface area (Å²) in [6, 6.07) is 7.31. The number of halogens is 1. The third kappa shape index (κ3) is 5.01. The van der Waals surface area contributed by atoms with Gasteiger partial charge in [-0.3, -0.25) is 9.59 Å². The molecule has 1 aliphatic rings. The minimum Gasteiger partial charge on any atom is -0.493 e. The van der Waals surface area contributed by atoms with Crippen LogP contribution in [0.25, 0.3) is 0 Å². The highest BCUT2D eigenvalue weighted by Gasteiger charge is 2.23. The summed E-state index contributed by atoms with van der Waals surface area (Å²) >= 11 is 4.69. The molecule has 1 aliphatic heterocycles. The van der Waals surface area contributed by atoms with Crippen LogP contribution in [0.1, 0.15) is 23.8 Å². The van der Waals surface area contributed by atoms with Gasteiger partial charge in [-0.05, 0) is 25.1 Å². The third-order valence-electron chi connectivity index (χ3n) is 3.71. The topological polar surface area (TPSA) is 93.5 Å². The zero-order valence-electron chi connectivity index (χ0n) is 14.1. The van der Waals surface area contributed by atoms with Crippen molar-refractivity contribution in [3.8, 4) is 5.75 Å². The Morgan fingerprint density at radius 1 is 1.31 bits per heavy atom. The summed E-state index contributed by atoms with van der Waals surface area (Å²) < 4.78 is 11.4. The van der Waals surface area contributed by atoms with Gasteiger partial charge in [0.2, 0.25) is 11.8 Å². The number of amides is 2. The van der Waals surface area contributed by atoms with Crippen molar-refractivity contribution >= 4 is 45.3 Å². The number of ether oxygens (including phenoxy) is 1. The van der Waals surface area contributed by atoms with Crippen molar-refractivity contribution in [3.05, 3.63) is 40.1 Å². The Bertz CT molecular complexity index is 811. The van der Waals surface area contributed by atoms with Crippen LogP contribution >= 0.6 is 27.7 Å². The molecule has 2 heterocycles. The van der Waals surface area contributed by atoms with E-state index in [4.69, 9.17) is 9.26 Å². The average molecular weight is 440 g/mol. The second kappa shape index (κ2) is 8.59. The molecular weight excluding hydrogens is 422 g/mol.